The summed E-state index contributed by atoms with van der Waals surface area (Å²) in [6.45, 7) is 6.57. The van der Waals surface area contributed by atoms with Gasteiger partial charge in [0.2, 0.25) is 5.91 Å². The van der Waals surface area contributed by atoms with Crippen LogP contribution in [0.15, 0.2) is 0 Å². The van der Waals surface area contributed by atoms with Crippen molar-refractivity contribution >= 4 is 5.91 Å². The van der Waals surface area contributed by atoms with Gasteiger partial charge in [0.25, 0.3) is 0 Å². The van der Waals surface area contributed by atoms with Crippen molar-refractivity contribution < 1.29 is 9.53 Å². The Balaban J connectivity index is 1.57. The molecule has 21 heavy (non-hydrogen) atoms. The molecule has 0 aromatic rings. The van der Waals surface area contributed by atoms with Crippen LogP contribution in [0.25, 0.3) is 0 Å². The lowest BCUT2D eigenvalue weighted by Crippen LogP contribution is -2.47. The van der Waals surface area contributed by atoms with Crippen molar-refractivity contribution in [1.82, 2.24) is 10.2 Å². The number of rotatable bonds is 6. The Hall–Kier alpha value is -0.650. The molecule has 0 radical (unpaired) electrons. The number of ether oxygens (including phenoxy) is 1. The lowest BCUT2D eigenvalue weighted by molar-refractivity contribution is -0.122. The summed E-state index contributed by atoms with van der Waals surface area (Å²) in [6.07, 6.45) is 6.41. The second kappa shape index (κ2) is 8.71. The lowest BCUT2D eigenvalue weighted by atomic mass is 9.84. The van der Waals surface area contributed by atoms with Gasteiger partial charge in [0.15, 0.2) is 0 Å². The summed E-state index contributed by atoms with van der Waals surface area (Å²) in [4.78, 5) is 14.3. The fourth-order valence-electron chi connectivity index (χ4n) is 3.32. The third-order valence-corrected chi connectivity index (χ3v) is 4.87. The summed E-state index contributed by atoms with van der Waals surface area (Å²) in [5, 5.41) is 3.03. The molecule has 0 aromatic carbocycles. The number of nitrogens with two attached hydrogens (primary N) is 1. The van der Waals surface area contributed by atoms with Crippen LogP contribution < -0.4 is 11.1 Å². The quantitative estimate of drug-likeness (QED) is 0.771. The number of nitrogens with one attached hydrogen (secondary N) is 1. The van der Waals surface area contributed by atoms with Crippen LogP contribution in [-0.4, -0.2) is 55.7 Å². The van der Waals surface area contributed by atoms with Gasteiger partial charge in [-0.25, -0.2) is 0 Å². The molecule has 1 atom stereocenters. The predicted octanol–water partition coefficient (Wildman–Crippen LogP) is 1.12. The van der Waals surface area contributed by atoms with Gasteiger partial charge in [-0.1, -0.05) is 6.92 Å². The average molecular weight is 297 g/mol. The van der Waals surface area contributed by atoms with Crippen molar-refractivity contribution in [3.8, 4) is 0 Å². The summed E-state index contributed by atoms with van der Waals surface area (Å²) in [5.41, 5.74) is 5.91. The molecule has 1 amide bonds. The first-order valence-corrected chi connectivity index (χ1v) is 8.53. The van der Waals surface area contributed by atoms with E-state index in [1.807, 2.05) is 0 Å². The van der Waals surface area contributed by atoms with Gasteiger partial charge >= 0.3 is 0 Å². The van der Waals surface area contributed by atoms with Crippen molar-refractivity contribution in [2.24, 2.45) is 11.7 Å². The number of carbonyl (C=O) groups is 1. The molecule has 1 saturated carbocycles. The summed E-state index contributed by atoms with van der Waals surface area (Å²) in [6, 6.07) is 0.389. The molecule has 1 aliphatic carbocycles. The van der Waals surface area contributed by atoms with Crippen LogP contribution in [-0.2, 0) is 9.53 Å². The highest BCUT2D eigenvalue weighted by Gasteiger charge is 2.21. The smallest absolute Gasteiger partial charge is 0.220 e. The minimum Gasteiger partial charge on any atom is -0.374 e. The van der Waals surface area contributed by atoms with Crippen molar-refractivity contribution in [2.75, 3.05) is 32.8 Å². The van der Waals surface area contributed by atoms with E-state index < -0.39 is 0 Å². The third kappa shape index (κ3) is 5.93. The number of morpholine rings is 1. The molecule has 0 spiro atoms. The van der Waals surface area contributed by atoms with E-state index in [1.165, 1.54) is 12.8 Å². The van der Waals surface area contributed by atoms with Crippen molar-refractivity contribution in [1.29, 1.82) is 0 Å². The Labute approximate surface area is 128 Å². The van der Waals surface area contributed by atoms with Gasteiger partial charge in [0.1, 0.15) is 0 Å². The molecule has 5 nitrogen and oxygen atoms in total. The molecule has 2 fully saturated rings. The topological polar surface area (TPSA) is 67.6 Å². The molecule has 1 aliphatic heterocycles. The van der Waals surface area contributed by atoms with Crippen molar-refractivity contribution in [3.05, 3.63) is 0 Å². The molecular formula is C16H31N3O2. The molecule has 2 rings (SSSR count). The fraction of sp³-hybridized carbons (Fsp3) is 0.938. The van der Waals surface area contributed by atoms with Gasteiger partial charge in [-0.2, -0.15) is 0 Å². The van der Waals surface area contributed by atoms with E-state index in [1.54, 1.807) is 0 Å². The number of amides is 1. The van der Waals surface area contributed by atoms with Crippen molar-refractivity contribution in [2.45, 2.75) is 57.6 Å². The maximum Gasteiger partial charge on any atom is 0.220 e. The summed E-state index contributed by atoms with van der Waals surface area (Å²) in [7, 11) is 0. The Kier molecular flexibility index (Phi) is 6.93. The van der Waals surface area contributed by atoms with Crippen LogP contribution in [0.2, 0.25) is 0 Å². The maximum atomic E-state index is 11.9. The highest BCUT2D eigenvalue weighted by molar-refractivity contribution is 5.75. The first-order chi connectivity index (χ1) is 10.2. The lowest BCUT2D eigenvalue weighted by Gasteiger charge is -2.32. The molecule has 1 unspecified atom stereocenters. The molecule has 1 saturated heterocycles. The van der Waals surface area contributed by atoms with E-state index >= 15 is 0 Å². The first-order valence-electron chi connectivity index (χ1n) is 8.53. The number of likely N-dealkylation sites (N-methyl/N-ethyl adjacent to an activating group) is 1. The molecule has 5 heteroatoms. The Morgan fingerprint density at radius 2 is 2.10 bits per heavy atom. The predicted molar refractivity (Wildman–Crippen MR) is 84.0 cm³/mol. The second-order valence-electron chi connectivity index (χ2n) is 6.51. The molecule has 122 valence electrons. The summed E-state index contributed by atoms with van der Waals surface area (Å²) in [5.74, 6) is 0.860. The summed E-state index contributed by atoms with van der Waals surface area (Å²) < 4.78 is 5.70. The SMILES string of the molecule is CCN1CCOC(CNC(=O)CCC2CCC(N)CC2)C1. The molecular weight excluding hydrogens is 266 g/mol. The minimum atomic E-state index is 0.148. The Morgan fingerprint density at radius 1 is 1.33 bits per heavy atom. The van der Waals surface area contributed by atoms with Gasteiger partial charge in [0.05, 0.1) is 12.7 Å². The van der Waals surface area contributed by atoms with Crippen molar-refractivity contribution in [3.63, 3.8) is 0 Å². The third-order valence-electron chi connectivity index (χ3n) is 4.87. The van der Waals surface area contributed by atoms with E-state index in [0.29, 0.717) is 24.9 Å². The van der Waals surface area contributed by atoms with Crippen LogP contribution >= 0.6 is 0 Å². The number of nitrogens with zero attached hydrogens (tertiary/aromatic N) is 1. The van der Waals surface area contributed by atoms with Crippen LogP contribution in [0.5, 0.6) is 0 Å². The van der Waals surface area contributed by atoms with Crippen LogP contribution in [0, 0.1) is 5.92 Å². The normalized spacial score (nSPS) is 31.0. The maximum absolute atomic E-state index is 11.9. The van der Waals surface area contributed by atoms with E-state index in [4.69, 9.17) is 10.5 Å². The molecule has 1 heterocycles. The number of hydrogen-bond acceptors (Lipinski definition) is 4. The molecule has 0 bridgehead atoms. The van der Waals surface area contributed by atoms with Gasteiger partial charge in [-0.15, -0.1) is 0 Å². The zero-order valence-electron chi connectivity index (χ0n) is 13.4. The summed E-state index contributed by atoms with van der Waals surface area (Å²) >= 11 is 0. The van der Waals surface area contributed by atoms with Gasteiger partial charge < -0.3 is 15.8 Å². The average Bonchev–Trinajstić information content (AvgIpc) is 2.52. The molecule has 3 N–H and O–H groups in total. The highest BCUT2D eigenvalue weighted by Crippen LogP contribution is 2.26. The van der Waals surface area contributed by atoms with Gasteiger partial charge in [0, 0.05) is 32.1 Å². The zero-order chi connectivity index (χ0) is 15.1. The zero-order valence-corrected chi connectivity index (χ0v) is 13.4. The second-order valence-corrected chi connectivity index (χ2v) is 6.51. The Morgan fingerprint density at radius 3 is 2.81 bits per heavy atom. The van der Waals surface area contributed by atoms with Crippen LogP contribution in [0.4, 0.5) is 0 Å². The highest BCUT2D eigenvalue weighted by atomic mass is 16.5. The largest absolute Gasteiger partial charge is 0.374 e. The minimum absolute atomic E-state index is 0.148. The standard InChI is InChI=1S/C16H31N3O2/c1-2-19-9-10-21-15(12-19)11-18-16(20)8-5-13-3-6-14(17)7-4-13/h13-15H,2-12,17H2,1H3,(H,18,20). The van der Waals surface area contributed by atoms with E-state index in [-0.39, 0.29) is 12.0 Å². The van der Waals surface area contributed by atoms with E-state index in [2.05, 4.69) is 17.1 Å². The number of carbonyl (C=O) groups excluding carboxylic acids is 1. The van der Waals surface area contributed by atoms with Gasteiger partial charge in [-0.3, -0.25) is 9.69 Å². The fourth-order valence-corrected chi connectivity index (χ4v) is 3.32. The van der Waals surface area contributed by atoms with Gasteiger partial charge in [-0.05, 0) is 44.6 Å². The van der Waals surface area contributed by atoms with E-state index in [9.17, 15) is 4.79 Å². The monoisotopic (exact) mass is 297 g/mol. The number of hydrogen-bond donors (Lipinski definition) is 2. The Bertz CT molecular complexity index is 317. The molecule has 0 aromatic heterocycles. The van der Waals surface area contributed by atoms with Crippen LogP contribution in [0.1, 0.15) is 45.4 Å². The van der Waals surface area contributed by atoms with Crippen LogP contribution in [0.3, 0.4) is 0 Å². The van der Waals surface area contributed by atoms with E-state index in [0.717, 1.165) is 45.5 Å². The first kappa shape index (κ1) is 16.7. The molecule has 2 aliphatic rings.